The highest BCUT2D eigenvalue weighted by Crippen LogP contribution is 2.28. The highest BCUT2D eigenvalue weighted by molar-refractivity contribution is 6.30. The number of halogens is 1. The molecule has 1 aliphatic rings. The number of aromatic nitrogens is 1. The number of methoxy groups -OCH3 is 1. The van der Waals surface area contributed by atoms with E-state index >= 15 is 0 Å². The first-order valence-electron chi connectivity index (χ1n) is 8.96. The first-order valence-corrected chi connectivity index (χ1v) is 9.34. The van der Waals surface area contributed by atoms with E-state index in [2.05, 4.69) is 22.0 Å². The predicted octanol–water partition coefficient (Wildman–Crippen LogP) is 4.89. The zero-order chi connectivity index (χ0) is 18.8. The lowest BCUT2D eigenvalue weighted by Crippen LogP contribution is -2.28. The van der Waals surface area contributed by atoms with Crippen molar-refractivity contribution in [1.82, 2.24) is 9.88 Å². The van der Waals surface area contributed by atoms with Crippen molar-refractivity contribution in [3.63, 3.8) is 0 Å². The molecule has 5 heteroatoms. The van der Waals surface area contributed by atoms with Crippen LogP contribution in [0.5, 0.6) is 11.5 Å². The van der Waals surface area contributed by atoms with Gasteiger partial charge in [-0.3, -0.25) is 4.90 Å². The van der Waals surface area contributed by atoms with Gasteiger partial charge in [0.15, 0.2) is 0 Å². The minimum atomic E-state index is 0.299. The molecule has 0 amide bonds. The van der Waals surface area contributed by atoms with Crippen molar-refractivity contribution >= 4 is 28.1 Å². The average molecular weight is 381 g/mol. The quantitative estimate of drug-likeness (QED) is 0.654. The maximum Gasteiger partial charge on any atom is 0.134 e. The van der Waals surface area contributed by atoms with Gasteiger partial charge in [-0.1, -0.05) is 29.8 Å². The van der Waals surface area contributed by atoms with Crippen LogP contribution in [0.1, 0.15) is 17.5 Å². The Bertz CT molecular complexity index is 999. The Balaban J connectivity index is 1.50. The molecule has 0 radical (unpaired) electrons. The van der Waals surface area contributed by atoms with Crippen molar-refractivity contribution in [2.45, 2.75) is 13.0 Å². The fourth-order valence-electron chi connectivity index (χ4n) is 3.44. The molecule has 1 aliphatic heterocycles. The molecule has 1 aromatic heterocycles. The molecule has 0 saturated carbocycles. The SMILES string of the molecule is COc1ccc2cc(CN3CC=C(c4ccc(O)cc4)CC3)c(Cl)nc2c1. The molecule has 3 aromatic rings. The maximum atomic E-state index is 9.44. The molecule has 0 spiro atoms. The minimum absolute atomic E-state index is 0.299. The van der Waals surface area contributed by atoms with Crippen LogP contribution in [0.2, 0.25) is 5.15 Å². The summed E-state index contributed by atoms with van der Waals surface area (Å²) in [6.45, 7) is 2.60. The van der Waals surface area contributed by atoms with Crippen molar-refractivity contribution in [3.8, 4) is 11.5 Å². The van der Waals surface area contributed by atoms with Crippen LogP contribution in [0, 0.1) is 0 Å². The number of hydrogen-bond acceptors (Lipinski definition) is 4. The molecule has 2 aromatic carbocycles. The third-order valence-electron chi connectivity index (χ3n) is 4.98. The van der Waals surface area contributed by atoms with Crippen LogP contribution >= 0.6 is 11.6 Å². The summed E-state index contributed by atoms with van der Waals surface area (Å²) in [4.78, 5) is 6.90. The Morgan fingerprint density at radius 3 is 2.67 bits per heavy atom. The Morgan fingerprint density at radius 2 is 1.96 bits per heavy atom. The molecular weight excluding hydrogens is 360 g/mol. The smallest absolute Gasteiger partial charge is 0.134 e. The third-order valence-corrected chi connectivity index (χ3v) is 5.30. The summed E-state index contributed by atoms with van der Waals surface area (Å²) in [5, 5.41) is 11.0. The summed E-state index contributed by atoms with van der Waals surface area (Å²) < 4.78 is 5.26. The van der Waals surface area contributed by atoms with Gasteiger partial charge in [0.25, 0.3) is 0 Å². The van der Waals surface area contributed by atoms with Gasteiger partial charge in [0, 0.05) is 36.7 Å². The number of ether oxygens (including phenoxy) is 1. The largest absolute Gasteiger partial charge is 0.508 e. The number of fused-ring (bicyclic) bond motifs is 1. The first kappa shape index (κ1) is 17.8. The topological polar surface area (TPSA) is 45.6 Å². The molecule has 0 atom stereocenters. The van der Waals surface area contributed by atoms with E-state index in [0.29, 0.717) is 10.9 Å². The number of phenolic OH excluding ortho intramolecular Hbond substituents is 1. The summed E-state index contributed by atoms with van der Waals surface area (Å²) in [5.74, 6) is 1.08. The first-order chi connectivity index (χ1) is 13.1. The van der Waals surface area contributed by atoms with Crippen LogP contribution in [-0.4, -0.2) is 35.2 Å². The second-order valence-electron chi connectivity index (χ2n) is 6.76. The van der Waals surface area contributed by atoms with Crippen LogP contribution < -0.4 is 4.74 Å². The van der Waals surface area contributed by atoms with E-state index in [1.807, 2.05) is 30.3 Å². The number of benzene rings is 2. The lowest BCUT2D eigenvalue weighted by Gasteiger charge is -2.27. The zero-order valence-electron chi connectivity index (χ0n) is 15.2. The molecule has 138 valence electrons. The Kier molecular flexibility index (Phi) is 5.01. The van der Waals surface area contributed by atoms with Gasteiger partial charge < -0.3 is 9.84 Å². The number of nitrogens with zero attached hydrogens (tertiary/aromatic N) is 2. The van der Waals surface area contributed by atoms with Crippen LogP contribution in [0.4, 0.5) is 0 Å². The van der Waals surface area contributed by atoms with E-state index in [0.717, 1.165) is 48.3 Å². The lowest BCUT2D eigenvalue weighted by atomic mass is 9.99. The second-order valence-corrected chi connectivity index (χ2v) is 7.12. The summed E-state index contributed by atoms with van der Waals surface area (Å²) >= 11 is 6.44. The van der Waals surface area contributed by atoms with E-state index in [-0.39, 0.29) is 0 Å². The lowest BCUT2D eigenvalue weighted by molar-refractivity contribution is 0.294. The molecule has 4 nitrogen and oxygen atoms in total. The summed E-state index contributed by atoms with van der Waals surface area (Å²) in [6.07, 6.45) is 3.23. The van der Waals surface area contributed by atoms with E-state index in [1.54, 1.807) is 19.2 Å². The number of rotatable bonds is 4. The Labute approximate surface area is 163 Å². The molecule has 1 N–H and O–H groups in total. The molecule has 0 unspecified atom stereocenters. The molecule has 27 heavy (non-hydrogen) atoms. The zero-order valence-corrected chi connectivity index (χ0v) is 15.9. The molecule has 0 fully saturated rings. The summed E-state index contributed by atoms with van der Waals surface area (Å²) in [7, 11) is 1.65. The van der Waals surface area contributed by atoms with Gasteiger partial charge in [-0.05, 0) is 47.9 Å². The molecule has 0 aliphatic carbocycles. The average Bonchev–Trinajstić information content (AvgIpc) is 2.69. The molecule has 4 rings (SSSR count). The Hall–Kier alpha value is -2.56. The van der Waals surface area contributed by atoms with Crippen LogP contribution in [0.25, 0.3) is 16.5 Å². The van der Waals surface area contributed by atoms with Crippen molar-refractivity contribution in [3.05, 3.63) is 70.9 Å². The van der Waals surface area contributed by atoms with Gasteiger partial charge in [-0.25, -0.2) is 4.98 Å². The third kappa shape index (κ3) is 3.92. The molecule has 0 bridgehead atoms. The van der Waals surface area contributed by atoms with E-state index < -0.39 is 0 Å². The van der Waals surface area contributed by atoms with Crippen LogP contribution in [0.15, 0.2) is 54.6 Å². The molecule has 0 saturated heterocycles. The number of phenols is 1. The summed E-state index contributed by atoms with van der Waals surface area (Å²) in [6, 6.07) is 15.4. The fourth-order valence-corrected chi connectivity index (χ4v) is 3.64. The van der Waals surface area contributed by atoms with Crippen molar-refractivity contribution < 1.29 is 9.84 Å². The number of hydrogen-bond donors (Lipinski definition) is 1. The Morgan fingerprint density at radius 1 is 1.15 bits per heavy atom. The van der Waals surface area contributed by atoms with Crippen LogP contribution in [0.3, 0.4) is 0 Å². The summed E-state index contributed by atoms with van der Waals surface area (Å²) in [5.41, 5.74) is 4.37. The normalized spacial score (nSPS) is 15.0. The second kappa shape index (κ2) is 7.59. The van der Waals surface area contributed by atoms with Crippen molar-refractivity contribution in [2.24, 2.45) is 0 Å². The molecular formula is C22H21ClN2O2. The van der Waals surface area contributed by atoms with Gasteiger partial charge >= 0.3 is 0 Å². The fraction of sp³-hybridized carbons (Fsp3) is 0.227. The maximum absolute atomic E-state index is 9.44. The van der Waals surface area contributed by atoms with Gasteiger partial charge in [-0.15, -0.1) is 0 Å². The monoisotopic (exact) mass is 380 g/mol. The van der Waals surface area contributed by atoms with Crippen molar-refractivity contribution in [2.75, 3.05) is 20.2 Å². The van der Waals surface area contributed by atoms with E-state index in [9.17, 15) is 5.11 Å². The standard InChI is InChI=1S/C22H21ClN2O2/c1-27-20-7-4-17-12-18(22(23)24-21(17)13-20)14-25-10-8-16(9-11-25)15-2-5-19(26)6-3-15/h2-8,12-13,26H,9-11,14H2,1H3. The van der Waals surface area contributed by atoms with Gasteiger partial charge in [0.2, 0.25) is 0 Å². The van der Waals surface area contributed by atoms with E-state index in [1.165, 1.54) is 11.1 Å². The molecule has 2 heterocycles. The number of aromatic hydroxyl groups is 1. The van der Waals surface area contributed by atoms with E-state index in [4.69, 9.17) is 16.3 Å². The van der Waals surface area contributed by atoms with Crippen molar-refractivity contribution in [1.29, 1.82) is 0 Å². The van der Waals surface area contributed by atoms with Gasteiger partial charge in [-0.2, -0.15) is 0 Å². The van der Waals surface area contributed by atoms with Gasteiger partial charge in [0.05, 0.1) is 12.6 Å². The van der Waals surface area contributed by atoms with Gasteiger partial charge in [0.1, 0.15) is 16.7 Å². The highest BCUT2D eigenvalue weighted by atomic mass is 35.5. The minimum Gasteiger partial charge on any atom is -0.508 e. The predicted molar refractivity (Wildman–Crippen MR) is 109 cm³/mol. The highest BCUT2D eigenvalue weighted by Gasteiger charge is 2.15. The number of pyridine rings is 1. The van der Waals surface area contributed by atoms with Crippen LogP contribution in [-0.2, 0) is 6.54 Å².